The van der Waals surface area contributed by atoms with Crippen LogP contribution in [0, 0.1) is 6.92 Å². The smallest absolute Gasteiger partial charge is 0.311 e. The van der Waals surface area contributed by atoms with Crippen LogP contribution in [-0.2, 0) is 11.2 Å². The van der Waals surface area contributed by atoms with Gasteiger partial charge >= 0.3 is 5.97 Å². The van der Waals surface area contributed by atoms with Crippen LogP contribution in [-0.4, -0.2) is 18.1 Å². The fraction of sp³-hybridized carbons (Fsp3) is 0.200. The van der Waals surface area contributed by atoms with Crippen molar-refractivity contribution < 1.29 is 14.3 Å². The van der Waals surface area contributed by atoms with Gasteiger partial charge in [0.25, 0.3) is 0 Å². The minimum absolute atomic E-state index is 0.257. The Balaban J connectivity index is 1.56. The summed E-state index contributed by atoms with van der Waals surface area (Å²) in [6.07, 6.45) is 7.57. The van der Waals surface area contributed by atoms with Crippen LogP contribution < -0.4 is 9.47 Å². The van der Waals surface area contributed by atoms with Crippen LogP contribution in [0.25, 0.3) is 12.2 Å². The van der Waals surface area contributed by atoms with Gasteiger partial charge in [0.05, 0.1) is 12.8 Å². The van der Waals surface area contributed by atoms with Gasteiger partial charge in [0, 0.05) is 12.6 Å². The highest BCUT2D eigenvalue weighted by molar-refractivity contribution is 5.74. The van der Waals surface area contributed by atoms with E-state index in [0.29, 0.717) is 17.9 Å². The van der Waals surface area contributed by atoms with Gasteiger partial charge in [-0.2, -0.15) is 0 Å². The lowest BCUT2D eigenvalue weighted by molar-refractivity contribution is -0.134. The highest BCUT2D eigenvalue weighted by atomic mass is 16.6. The third-order valence-corrected chi connectivity index (χ3v) is 4.51. The molecule has 29 heavy (non-hydrogen) atoms. The molecule has 0 saturated carbocycles. The zero-order valence-electron chi connectivity index (χ0n) is 16.8. The molecule has 0 amide bonds. The van der Waals surface area contributed by atoms with Crippen molar-refractivity contribution >= 4 is 18.1 Å². The van der Waals surface area contributed by atoms with Crippen LogP contribution in [0.2, 0.25) is 0 Å². The first-order valence-corrected chi connectivity index (χ1v) is 9.67. The van der Waals surface area contributed by atoms with E-state index in [4.69, 9.17) is 9.47 Å². The summed E-state index contributed by atoms with van der Waals surface area (Å²) in [7, 11) is 1.57. The first-order valence-electron chi connectivity index (χ1n) is 9.67. The number of methoxy groups -OCH3 is 1. The van der Waals surface area contributed by atoms with Gasteiger partial charge in [0.15, 0.2) is 11.5 Å². The number of carbonyl (C=O) groups is 1. The molecular formula is C25H25NO3. The number of pyridine rings is 1. The number of aryl methyl sites for hydroxylation is 2. The third-order valence-electron chi connectivity index (χ3n) is 4.51. The van der Waals surface area contributed by atoms with Crippen molar-refractivity contribution in [2.45, 2.75) is 26.2 Å². The lowest BCUT2D eigenvalue weighted by Crippen LogP contribution is -2.09. The molecule has 1 aromatic heterocycles. The molecule has 0 unspecified atom stereocenters. The first kappa shape index (κ1) is 20.3. The summed E-state index contributed by atoms with van der Waals surface area (Å²) in [5.41, 5.74) is 4.27. The number of benzene rings is 2. The molecule has 0 N–H and O–H groups in total. The SMILES string of the molecule is COc1cc(/C=C/c2ccccn2)ccc1OC(=O)CCCc1ccc(C)cc1. The molecule has 0 aliphatic heterocycles. The van der Waals surface area contributed by atoms with Crippen LogP contribution in [0.5, 0.6) is 11.5 Å². The normalized spacial score (nSPS) is 10.8. The molecule has 0 saturated heterocycles. The Kier molecular flexibility index (Phi) is 7.17. The van der Waals surface area contributed by atoms with Crippen LogP contribution >= 0.6 is 0 Å². The lowest BCUT2D eigenvalue weighted by atomic mass is 10.1. The second-order valence-corrected chi connectivity index (χ2v) is 6.81. The van der Waals surface area contributed by atoms with Crippen molar-refractivity contribution in [1.82, 2.24) is 4.98 Å². The van der Waals surface area contributed by atoms with E-state index in [9.17, 15) is 4.79 Å². The molecular weight excluding hydrogens is 362 g/mol. The molecule has 3 rings (SSSR count). The molecule has 4 heteroatoms. The van der Waals surface area contributed by atoms with Crippen LogP contribution in [0.15, 0.2) is 66.9 Å². The van der Waals surface area contributed by atoms with Gasteiger partial charge in [-0.25, -0.2) is 0 Å². The van der Waals surface area contributed by atoms with Gasteiger partial charge in [-0.3, -0.25) is 9.78 Å². The fourth-order valence-electron chi connectivity index (χ4n) is 2.89. The monoisotopic (exact) mass is 387 g/mol. The maximum atomic E-state index is 12.2. The van der Waals surface area contributed by atoms with E-state index in [1.807, 2.05) is 42.5 Å². The Bertz CT molecular complexity index is 963. The van der Waals surface area contributed by atoms with E-state index in [1.165, 1.54) is 11.1 Å². The van der Waals surface area contributed by atoms with Crippen molar-refractivity contribution in [3.63, 3.8) is 0 Å². The van der Waals surface area contributed by atoms with Crippen molar-refractivity contribution in [3.8, 4) is 11.5 Å². The Hall–Kier alpha value is -3.40. The minimum Gasteiger partial charge on any atom is -0.493 e. The quantitative estimate of drug-likeness (QED) is 0.378. The van der Waals surface area contributed by atoms with Gasteiger partial charge in [-0.05, 0) is 61.2 Å². The van der Waals surface area contributed by atoms with Crippen LogP contribution in [0.4, 0.5) is 0 Å². The van der Waals surface area contributed by atoms with Crippen LogP contribution in [0.1, 0.15) is 35.2 Å². The predicted octanol–water partition coefficient (Wildman–Crippen LogP) is 5.50. The number of aromatic nitrogens is 1. The molecule has 0 fully saturated rings. The number of ether oxygens (including phenoxy) is 2. The third kappa shape index (κ3) is 6.32. The van der Waals surface area contributed by atoms with E-state index < -0.39 is 0 Å². The van der Waals surface area contributed by atoms with Crippen molar-refractivity contribution in [2.24, 2.45) is 0 Å². The van der Waals surface area contributed by atoms with E-state index in [-0.39, 0.29) is 5.97 Å². The fourth-order valence-corrected chi connectivity index (χ4v) is 2.89. The number of carbonyl (C=O) groups excluding carboxylic acids is 1. The molecule has 0 atom stereocenters. The topological polar surface area (TPSA) is 48.4 Å². The van der Waals surface area contributed by atoms with Gasteiger partial charge in [0.1, 0.15) is 0 Å². The summed E-state index contributed by atoms with van der Waals surface area (Å²) in [6.45, 7) is 2.06. The number of nitrogens with zero attached hydrogens (tertiary/aromatic N) is 1. The molecule has 0 spiro atoms. The maximum Gasteiger partial charge on any atom is 0.311 e. The van der Waals surface area contributed by atoms with Gasteiger partial charge < -0.3 is 9.47 Å². The molecule has 2 aromatic carbocycles. The summed E-state index contributed by atoms with van der Waals surface area (Å²) in [6, 6.07) is 19.6. The van der Waals surface area contributed by atoms with Gasteiger partial charge in [0.2, 0.25) is 0 Å². The van der Waals surface area contributed by atoms with Crippen molar-refractivity contribution in [3.05, 3.63) is 89.2 Å². The van der Waals surface area contributed by atoms with E-state index >= 15 is 0 Å². The molecule has 1 heterocycles. The van der Waals surface area contributed by atoms with Gasteiger partial charge in [-0.15, -0.1) is 0 Å². The van der Waals surface area contributed by atoms with E-state index in [2.05, 4.69) is 36.2 Å². The summed E-state index contributed by atoms with van der Waals surface area (Å²) in [5.74, 6) is 0.704. The van der Waals surface area contributed by atoms with Crippen LogP contribution in [0.3, 0.4) is 0 Å². The summed E-state index contributed by atoms with van der Waals surface area (Å²) in [4.78, 5) is 16.5. The lowest BCUT2D eigenvalue weighted by Gasteiger charge is -2.10. The Morgan fingerprint density at radius 3 is 2.55 bits per heavy atom. The Labute approximate surface area is 171 Å². The second kappa shape index (κ2) is 10.2. The summed E-state index contributed by atoms with van der Waals surface area (Å²) >= 11 is 0. The maximum absolute atomic E-state index is 12.2. The second-order valence-electron chi connectivity index (χ2n) is 6.81. The molecule has 0 bridgehead atoms. The van der Waals surface area contributed by atoms with E-state index in [0.717, 1.165) is 24.1 Å². The Morgan fingerprint density at radius 2 is 1.83 bits per heavy atom. The number of hydrogen-bond acceptors (Lipinski definition) is 4. The highest BCUT2D eigenvalue weighted by Crippen LogP contribution is 2.29. The highest BCUT2D eigenvalue weighted by Gasteiger charge is 2.10. The summed E-state index contributed by atoms with van der Waals surface area (Å²) in [5, 5.41) is 0. The standard InChI is InChI=1S/C25H25NO3/c1-19-9-11-20(12-10-19)6-5-8-25(27)29-23-16-14-21(18-24(23)28-2)13-15-22-7-3-4-17-26-22/h3-4,7,9-18H,5-6,8H2,1-2H3/b15-13+. The predicted molar refractivity (Wildman–Crippen MR) is 116 cm³/mol. The number of hydrogen-bond donors (Lipinski definition) is 0. The molecule has 3 aromatic rings. The number of esters is 1. The molecule has 148 valence electrons. The molecule has 4 nitrogen and oxygen atoms in total. The minimum atomic E-state index is -0.257. The van der Waals surface area contributed by atoms with E-state index in [1.54, 1.807) is 19.4 Å². The largest absolute Gasteiger partial charge is 0.493 e. The Morgan fingerprint density at radius 1 is 1.00 bits per heavy atom. The number of rotatable bonds is 8. The zero-order valence-corrected chi connectivity index (χ0v) is 16.8. The zero-order chi connectivity index (χ0) is 20.5. The molecule has 0 radical (unpaired) electrons. The average molecular weight is 387 g/mol. The first-order chi connectivity index (χ1) is 14.1. The molecule has 0 aliphatic rings. The van der Waals surface area contributed by atoms with Crippen molar-refractivity contribution in [2.75, 3.05) is 7.11 Å². The van der Waals surface area contributed by atoms with Crippen molar-refractivity contribution in [1.29, 1.82) is 0 Å². The van der Waals surface area contributed by atoms with Gasteiger partial charge in [-0.1, -0.05) is 48.0 Å². The average Bonchev–Trinajstić information content (AvgIpc) is 2.75. The summed E-state index contributed by atoms with van der Waals surface area (Å²) < 4.78 is 10.9. The molecule has 0 aliphatic carbocycles.